The zero-order valence-electron chi connectivity index (χ0n) is 8.13. The highest BCUT2D eigenvalue weighted by Gasteiger charge is 2.60. The Morgan fingerprint density at radius 3 is 2.43 bits per heavy atom. The van der Waals surface area contributed by atoms with Gasteiger partial charge in [-0.1, -0.05) is 24.1 Å². The Hall–Kier alpha value is -0.500. The van der Waals surface area contributed by atoms with Crippen LogP contribution in [0, 0.1) is 10.8 Å². The summed E-state index contributed by atoms with van der Waals surface area (Å²) in [6.45, 7) is 0. The van der Waals surface area contributed by atoms with Gasteiger partial charge < -0.3 is 5.11 Å². The van der Waals surface area contributed by atoms with Crippen molar-refractivity contribution in [1.82, 2.24) is 0 Å². The highest BCUT2D eigenvalue weighted by atomic mass is 35.5. The molecule has 2 fully saturated rings. The third-order valence-electron chi connectivity index (χ3n) is 3.89. The van der Waals surface area contributed by atoms with Crippen molar-refractivity contribution >= 4 is 17.6 Å². The number of aliphatic carboxylic acids is 1. The van der Waals surface area contributed by atoms with E-state index in [1.54, 1.807) is 6.08 Å². The highest BCUT2D eigenvalue weighted by Crippen LogP contribution is 2.65. The molecule has 2 rings (SSSR count). The first-order valence-corrected chi connectivity index (χ1v) is 5.55. The Balaban J connectivity index is 2.01. The first kappa shape index (κ1) is 10.0. The molecule has 0 heterocycles. The predicted octanol–water partition coefficient (Wildman–Crippen LogP) is 3.16. The smallest absolute Gasteiger partial charge is 0.309 e. The molecule has 0 aromatic heterocycles. The SMILES string of the molecule is O=C(O)C1(C/C=C/Cl)CC2(CCC2)C1. The van der Waals surface area contributed by atoms with E-state index in [2.05, 4.69) is 0 Å². The van der Waals surface area contributed by atoms with Crippen molar-refractivity contribution in [3.05, 3.63) is 11.6 Å². The molecule has 78 valence electrons. The van der Waals surface area contributed by atoms with Crippen LogP contribution in [0.1, 0.15) is 38.5 Å². The molecule has 0 unspecified atom stereocenters. The zero-order valence-corrected chi connectivity index (χ0v) is 8.89. The van der Waals surface area contributed by atoms with E-state index < -0.39 is 11.4 Å². The van der Waals surface area contributed by atoms with E-state index in [9.17, 15) is 9.90 Å². The molecule has 0 aromatic rings. The van der Waals surface area contributed by atoms with Crippen LogP contribution < -0.4 is 0 Å². The first-order chi connectivity index (χ1) is 6.63. The second-order valence-electron chi connectivity index (χ2n) is 4.86. The van der Waals surface area contributed by atoms with Gasteiger partial charge in [-0.15, -0.1) is 0 Å². The van der Waals surface area contributed by atoms with Crippen LogP contribution in [0.25, 0.3) is 0 Å². The summed E-state index contributed by atoms with van der Waals surface area (Å²) in [7, 11) is 0. The van der Waals surface area contributed by atoms with Crippen LogP contribution >= 0.6 is 11.6 Å². The van der Waals surface area contributed by atoms with Crippen molar-refractivity contribution < 1.29 is 9.90 Å². The van der Waals surface area contributed by atoms with Gasteiger partial charge in [-0.2, -0.15) is 0 Å². The molecule has 0 bridgehead atoms. The molecule has 3 heteroatoms. The molecule has 2 aliphatic carbocycles. The molecule has 1 spiro atoms. The van der Waals surface area contributed by atoms with Crippen molar-refractivity contribution in [1.29, 1.82) is 0 Å². The van der Waals surface area contributed by atoms with Gasteiger partial charge in [0.25, 0.3) is 0 Å². The second kappa shape index (κ2) is 3.27. The fourth-order valence-electron chi connectivity index (χ4n) is 3.07. The van der Waals surface area contributed by atoms with E-state index in [0.717, 1.165) is 12.8 Å². The van der Waals surface area contributed by atoms with Crippen molar-refractivity contribution in [2.24, 2.45) is 10.8 Å². The molecule has 0 atom stereocenters. The normalized spacial score (nSPS) is 27.2. The summed E-state index contributed by atoms with van der Waals surface area (Å²) in [6.07, 6.45) is 7.81. The lowest BCUT2D eigenvalue weighted by Crippen LogP contribution is -2.54. The molecule has 2 aliphatic rings. The van der Waals surface area contributed by atoms with E-state index >= 15 is 0 Å². The van der Waals surface area contributed by atoms with Crippen molar-refractivity contribution in [3.8, 4) is 0 Å². The van der Waals surface area contributed by atoms with Crippen molar-refractivity contribution in [2.45, 2.75) is 38.5 Å². The Morgan fingerprint density at radius 1 is 1.43 bits per heavy atom. The lowest BCUT2D eigenvalue weighted by molar-refractivity contribution is -0.173. The number of carboxylic acids is 1. The van der Waals surface area contributed by atoms with E-state index in [1.807, 2.05) is 0 Å². The number of rotatable bonds is 3. The van der Waals surface area contributed by atoms with Crippen LogP contribution in [0.15, 0.2) is 11.6 Å². The van der Waals surface area contributed by atoms with Gasteiger partial charge in [-0.3, -0.25) is 4.79 Å². The summed E-state index contributed by atoms with van der Waals surface area (Å²) in [5.74, 6) is -0.648. The van der Waals surface area contributed by atoms with Crippen LogP contribution in [0.5, 0.6) is 0 Å². The Labute approximate surface area is 88.9 Å². The molecule has 2 saturated carbocycles. The van der Waals surface area contributed by atoms with Gasteiger partial charge in [0.15, 0.2) is 0 Å². The monoisotopic (exact) mass is 214 g/mol. The molecule has 1 N–H and O–H groups in total. The van der Waals surface area contributed by atoms with Crippen LogP contribution in [0.4, 0.5) is 0 Å². The molecule has 0 radical (unpaired) electrons. The molecule has 2 nitrogen and oxygen atoms in total. The van der Waals surface area contributed by atoms with E-state index in [0.29, 0.717) is 11.8 Å². The van der Waals surface area contributed by atoms with Gasteiger partial charge >= 0.3 is 5.97 Å². The number of carboxylic acid groups (broad SMARTS) is 1. The van der Waals surface area contributed by atoms with E-state index in [1.165, 1.54) is 24.8 Å². The molecule has 0 aliphatic heterocycles. The number of hydrogen-bond acceptors (Lipinski definition) is 1. The fourth-order valence-corrected chi connectivity index (χ4v) is 3.16. The minimum absolute atomic E-state index is 0.401. The molecule has 0 saturated heterocycles. The van der Waals surface area contributed by atoms with Crippen molar-refractivity contribution in [2.75, 3.05) is 0 Å². The molecule has 0 aromatic carbocycles. The third-order valence-corrected chi connectivity index (χ3v) is 4.07. The minimum Gasteiger partial charge on any atom is -0.481 e. The van der Waals surface area contributed by atoms with Crippen LogP contribution in [-0.2, 0) is 4.79 Å². The number of allylic oxidation sites excluding steroid dienone is 1. The standard InChI is InChI=1S/C11H15ClO2/c12-6-2-5-11(9(13)14)7-10(8-11)3-1-4-10/h2,6H,1,3-5,7-8H2,(H,13,14)/b6-2+. The Kier molecular flexibility index (Phi) is 2.34. The summed E-state index contributed by atoms with van der Waals surface area (Å²) in [5, 5.41) is 9.19. The summed E-state index contributed by atoms with van der Waals surface area (Å²) in [5.41, 5.74) is 1.33. The maximum Gasteiger partial charge on any atom is 0.309 e. The molecule has 14 heavy (non-hydrogen) atoms. The largest absolute Gasteiger partial charge is 0.481 e. The Bertz CT molecular complexity index is 271. The van der Waals surface area contributed by atoms with Crippen LogP contribution in [-0.4, -0.2) is 11.1 Å². The number of carbonyl (C=O) groups is 1. The maximum atomic E-state index is 11.2. The minimum atomic E-state index is -0.648. The lowest BCUT2D eigenvalue weighted by Gasteiger charge is -2.59. The van der Waals surface area contributed by atoms with Gasteiger partial charge in [0, 0.05) is 5.54 Å². The predicted molar refractivity (Wildman–Crippen MR) is 55.2 cm³/mol. The molecular weight excluding hydrogens is 200 g/mol. The lowest BCUT2D eigenvalue weighted by atomic mass is 9.44. The summed E-state index contributed by atoms with van der Waals surface area (Å²) >= 11 is 5.44. The third kappa shape index (κ3) is 1.36. The van der Waals surface area contributed by atoms with Gasteiger partial charge in [0.1, 0.15) is 0 Å². The quantitative estimate of drug-likeness (QED) is 0.784. The zero-order chi connectivity index (χ0) is 10.2. The van der Waals surface area contributed by atoms with E-state index in [-0.39, 0.29) is 0 Å². The van der Waals surface area contributed by atoms with Crippen molar-refractivity contribution in [3.63, 3.8) is 0 Å². The summed E-state index contributed by atoms with van der Waals surface area (Å²) in [4.78, 5) is 11.2. The van der Waals surface area contributed by atoms with Gasteiger partial charge in [-0.05, 0) is 37.5 Å². The molecular formula is C11H15ClO2. The topological polar surface area (TPSA) is 37.3 Å². The molecule has 0 amide bonds. The maximum absolute atomic E-state index is 11.2. The second-order valence-corrected chi connectivity index (χ2v) is 5.11. The van der Waals surface area contributed by atoms with Gasteiger partial charge in [-0.25, -0.2) is 0 Å². The highest BCUT2D eigenvalue weighted by molar-refractivity contribution is 6.25. The average Bonchev–Trinajstić information content (AvgIpc) is 1.99. The number of hydrogen-bond donors (Lipinski definition) is 1. The summed E-state index contributed by atoms with van der Waals surface area (Å²) < 4.78 is 0. The average molecular weight is 215 g/mol. The van der Waals surface area contributed by atoms with Crippen LogP contribution in [0.2, 0.25) is 0 Å². The fraction of sp³-hybridized carbons (Fsp3) is 0.727. The van der Waals surface area contributed by atoms with Crippen LogP contribution in [0.3, 0.4) is 0 Å². The van der Waals surface area contributed by atoms with Gasteiger partial charge in [0.2, 0.25) is 0 Å². The van der Waals surface area contributed by atoms with Gasteiger partial charge in [0.05, 0.1) is 5.41 Å². The number of halogens is 1. The Morgan fingerprint density at radius 2 is 2.07 bits per heavy atom. The summed E-state index contributed by atoms with van der Waals surface area (Å²) in [6, 6.07) is 0. The first-order valence-electron chi connectivity index (χ1n) is 5.11. The van der Waals surface area contributed by atoms with E-state index in [4.69, 9.17) is 11.6 Å².